The Bertz CT molecular complexity index is 1130. The predicted molar refractivity (Wildman–Crippen MR) is 106 cm³/mol. The molecule has 28 heavy (non-hydrogen) atoms. The average Bonchev–Trinajstić information content (AvgIpc) is 2.66. The molecule has 0 bridgehead atoms. The van der Waals surface area contributed by atoms with Gasteiger partial charge in [0.05, 0.1) is 10.5 Å². The number of nitrogens with one attached hydrogen (secondary N) is 2. The van der Waals surface area contributed by atoms with E-state index in [4.69, 9.17) is 0 Å². The van der Waals surface area contributed by atoms with E-state index in [1.165, 1.54) is 24.3 Å². The van der Waals surface area contributed by atoms with Crippen molar-refractivity contribution in [3.05, 3.63) is 92.4 Å². The highest BCUT2D eigenvalue weighted by Crippen LogP contribution is 2.20. The number of aromatic amines is 1. The summed E-state index contributed by atoms with van der Waals surface area (Å²) in [5.74, 6) is -0.0439. The third-order valence-corrected chi connectivity index (χ3v) is 3.82. The maximum atomic E-state index is 12.2. The van der Waals surface area contributed by atoms with E-state index < -0.39 is 10.8 Å². The molecule has 1 amide bonds. The number of nitrogens with zero attached hydrogens (tertiary/aromatic N) is 2. The van der Waals surface area contributed by atoms with Crippen molar-refractivity contribution in [1.29, 1.82) is 0 Å². The minimum Gasteiger partial charge on any atom is -0.322 e. The normalized spacial score (nSPS) is 10.8. The largest absolute Gasteiger partial charge is 0.322 e. The molecule has 2 aromatic carbocycles. The van der Waals surface area contributed by atoms with Crippen LogP contribution in [0.5, 0.6) is 0 Å². The summed E-state index contributed by atoms with van der Waals surface area (Å²) in [5.41, 5.74) is 1.71. The molecule has 1 heterocycles. The van der Waals surface area contributed by atoms with E-state index in [1.807, 2.05) is 0 Å². The average molecular weight is 376 g/mol. The van der Waals surface area contributed by atoms with Crippen LogP contribution in [0.3, 0.4) is 0 Å². The van der Waals surface area contributed by atoms with E-state index in [2.05, 4.69) is 15.3 Å². The molecule has 0 saturated carbocycles. The van der Waals surface area contributed by atoms with Crippen molar-refractivity contribution in [3.8, 4) is 11.4 Å². The van der Waals surface area contributed by atoms with Crippen LogP contribution in [0.15, 0.2) is 65.5 Å². The number of aryl methyl sites for hydroxylation is 1. The van der Waals surface area contributed by atoms with E-state index in [9.17, 15) is 19.7 Å². The minimum absolute atomic E-state index is 0.0805. The topological polar surface area (TPSA) is 118 Å². The van der Waals surface area contributed by atoms with E-state index in [0.717, 1.165) is 0 Å². The molecule has 3 rings (SSSR count). The molecule has 0 aliphatic carbocycles. The van der Waals surface area contributed by atoms with Gasteiger partial charge < -0.3 is 10.3 Å². The molecular formula is C20H16N4O4. The van der Waals surface area contributed by atoms with Gasteiger partial charge in [0, 0.05) is 35.2 Å². The van der Waals surface area contributed by atoms with Gasteiger partial charge in [-0.05, 0) is 31.2 Å². The molecule has 0 atom stereocenters. The minimum atomic E-state index is -0.503. The Morgan fingerprint density at radius 2 is 1.96 bits per heavy atom. The molecule has 0 unspecified atom stereocenters. The number of hydrogen-bond acceptors (Lipinski definition) is 5. The van der Waals surface area contributed by atoms with Crippen molar-refractivity contribution >= 4 is 23.4 Å². The van der Waals surface area contributed by atoms with Crippen LogP contribution in [0.2, 0.25) is 0 Å². The fraction of sp³-hybridized carbons (Fsp3) is 0.0500. The van der Waals surface area contributed by atoms with Gasteiger partial charge in [0.2, 0.25) is 5.91 Å². The van der Waals surface area contributed by atoms with E-state index in [1.54, 1.807) is 49.4 Å². The first-order valence-corrected chi connectivity index (χ1v) is 8.33. The Morgan fingerprint density at radius 1 is 1.18 bits per heavy atom. The second-order valence-corrected chi connectivity index (χ2v) is 5.95. The van der Waals surface area contributed by atoms with Crippen molar-refractivity contribution in [2.24, 2.45) is 0 Å². The lowest BCUT2D eigenvalue weighted by atomic mass is 10.1. The van der Waals surface area contributed by atoms with Crippen molar-refractivity contribution in [2.45, 2.75) is 6.92 Å². The summed E-state index contributed by atoms with van der Waals surface area (Å²) in [5, 5.41) is 13.7. The molecule has 8 heteroatoms. The number of carbonyl (C=O) groups is 1. The number of anilines is 1. The first-order chi connectivity index (χ1) is 13.4. The number of para-hydroxylation sites is 1. The number of hydrogen-bond donors (Lipinski definition) is 2. The summed E-state index contributed by atoms with van der Waals surface area (Å²) in [6, 6.07) is 14.4. The lowest BCUT2D eigenvalue weighted by molar-refractivity contribution is -0.385. The molecule has 0 spiro atoms. The molecule has 0 aliphatic heterocycles. The number of aromatic nitrogens is 2. The Labute approximate surface area is 159 Å². The van der Waals surface area contributed by atoms with Crippen molar-refractivity contribution in [3.63, 3.8) is 0 Å². The number of nitro groups is 1. The molecule has 8 nitrogen and oxygen atoms in total. The van der Waals surface area contributed by atoms with Crippen LogP contribution in [0, 0.1) is 17.0 Å². The molecule has 0 saturated heterocycles. The van der Waals surface area contributed by atoms with Crippen LogP contribution < -0.4 is 10.9 Å². The molecule has 2 N–H and O–H groups in total. The maximum absolute atomic E-state index is 12.2. The third-order valence-electron chi connectivity index (χ3n) is 3.82. The predicted octanol–water partition coefficient (Wildman–Crippen LogP) is 3.31. The van der Waals surface area contributed by atoms with Gasteiger partial charge in [-0.1, -0.05) is 24.3 Å². The summed E-state index contributed by atoms with van der Waals surface area (Å²) in [6.07, 6.45) is 2.61. The van der Waals surface area contributed by atoms with Crippen LogP contribution in [0.4, 0.5) is 11.4 Å². The monoisotopic (exact) mass is 376 g/mol. The fourth-order valence-corrected chi connectivity index (χ4v) is 2.60. The second kappa shape index (κ2) is 8.09. The standard InChI is InChI=1S/C20H16N4O4/c1-13-11-19(26)23-20(21-13)15-6-4-7-16(12-15)22-18(25)10-9-14-5-2-3-8-17(14)24(27)28/h2-12H,1H3,(H,22,25)(H,21,23,26). The Balaban J connectivity index is 1.78. The highest BCUT2D eigenvalue weighted by Gasteiger charge is 2.10. The third kappa shape index (κ3) is 4.55. The number of carbonyl (C=O) groups excluding carboxylic acids is 1. The number of benzene rings is 2. The summed E-state index contributed by atoms with van der Waals surface area (Å²) < 4.78 is 0. The highest BCUT2D eigenvalue weighted by molar-refractivity contribution is 6.02. The van der Waals surface area contributed by atoms with Gasteiger partial charge in [0.1, 0.15) is 5.82 Å². The molecule has 0 aliphatic rings. The van der Waals surface area contributed by atoms with Crippen molar-refractivity contribution in [2.75, 3.05) is 5.32 Å². The highest BCUT2D eigenvalue weighted by atomic mass is 16.6. The Morgan fingerprint density at radius 3 is 2.71 bits per heavy atom. The van der Waals surface area contributed by atoms with Gasteiger partial charge in [-0.3, -0.25) is 19.7 Å². The molecule has 3 aromatic rings. The van der Waals surface area contributed by atoms with Crippen LogP contribution in [-0.4, -0.2) is 20.8 Å². The fourth-order valence-electron chi connectivity index (χ4n) is 2.60. The number of rotatable bonds is 5. The summed E-state index contributed by atoms with van der Waals surface area (Å²) in [6.45, 7) is 1.72. The lowest BCUT2D eigenvalue weighted by Gasteiger charge is -2.06. The number of nitro benzene ring substituents is 1. The Kier molecular flexibility index (Phi) is 5.40. The van der Waals surface area contributed by atoms with E-state index >= 15 is 0 Å². The summed E-state index contributed by atoms with van der Waals surface area (Å²) in [4.78, 5) is 41.2. The zero-order valence-electron chi connectivity index (χ0n) is 14.9. The molecule has 140 valence electrons. The second-order valence-electron chi connectivity index (χ2n) is 5.95. The molecule has 0 radical (unpaired) electrons. The SMILES string of the molecule is Cc1cc(=O)[nH]c(-c2cccc(NC(=O)C=Cc3ccccc3[N+](=O)[O-])c2)n1. The van der Waals surface area contributed by atoms with Crippen molar-refractivity contribution < 1.29 is 9.72 Å². The molecular weight excluding hydrogens is 360 g/mol. The quantitative estimate of drug-likeness (QED) is 0.402. The zero-order valence-corrected chi connectivity index (χ0v) is 14.9. The number of H-pyrrole nitrogens is 1. The van der Waals surface area contributed by atoms with Crippen LogP contribution in [-0.2, 0) is 4.79 Å². The molecule has 0 fully saturated rings. The van der Waals surface area contributed by atoms with Crippen LogP contribution >= 0.6 is 0 Å². The summed E-state index contributed by atoms with van der Waals surface area (Å²) in [7, 11) is 0. The van der Waals surface area contributed by atoms with Crippen LogP contribution in [0.25, 0.3) is 17.5 Å². The van der Waals surface area contributed by atoms with E-state index in [0.29, 0.717) is 28.3 Å². The molecule has 1 aromatic heterocycles. The number of amides is 1. The maximum Gasteiger partial charge on any atom is 0.276 e. The first kappa shape index (κ1) is 18.7. The summed E-state index contributed by atoms with van der Waals surface area (Å²) >= 11 is 0. The smallest absolute Gasteiger partial charge is 0.276 e. The van der Waals surface area contributed by atoms with Gasteiger partial charge in [-0.2, -0.15) is 0 Å². The van der Waals surface area contributed by atoms with Gasteiger partial charge >= 0.3 is 0 Å². The van der Waals surface area contributed by atoms with Gasteiger partial charge in [0.15, 0.2) is 0 Å². The van der Waals surface area contributed by atoms with Gasteiger partial charge in [0.25, 0.3) is 11.2 Å². The zero-order chi connectivity index (χ0) is 20.1. The van der Waals surface area contributed by atoms with E-state index in [-0.39, 0.29) is 11.2 Å². The Hall–Kier alpha value is -4.07. The first-order valence-electron chi connectivity index (χ1n) is 8.33. The lowest BCUT2D eigenvalue weighted by Crippen LogP contribution is -2.10. The van der Waals surface area contributed by atoms with Crippen LogP contribution in [0.1, 0.15) is 11.3 Å². The van der Waals surface area contributed by atoms with Gasteiger partial charge in [-0.15, -0.1) is 0 Å². The van der Waals surface area contributed by atoms with Crippen molar-refractivity contribution in [1.82, 2.24) is 9.97 Å². The van der Waals surface area contributed by atoms with Gasteiger partial charge in [-0.25, -0.2) is 4.98 Å².